The van der Waals surface area contributed by atoms with Gasteiger partial charge in [0.15, 0.2) is 0 Å². The first kappa shape index (κ1) is 36.7. The zero-order chi connectivity index (χ0) is 26.0. The van der Waals surface area contributed by atoms with Crippen LogP contribution >= 0.6 is 23.5 Å². The van der Waals surface area contributed by atoms with Crippen molar-refractivity contribution in [1.82, 2.24) is 0 Å². The Balaban J connectivity index is 3.00. The van der Waals surface area contributed by atoms with Crippen molar-refractivity contribution in [3.05, 3.63) is 0 Å². The second kappa shape index (κ2) is 35.7. The Kier molecular flexibility index (Phi) is 36.4. The zero-order valence-corrected chi connectivity index (χ0v) is 27.1. The standard InChI is InChI=1S/C34H70S2/c1-3-5-7-9-11-13-15-17-19-23-27-31-35-33-29-25-21-22-26-30-34-36-32-28-24-20-18-16-14-12-10-8-6-4-2/h3-34H2,1-2H3. The summed E-state index contributed by atoms with van der Waals surface area (Å²) >= 11 is 4.44. The van der Waals surface area contributed by atoms with Crippen molar-refractivity contribution in [1.29, 1.82) is 0 Å². The lowest BCUT2D eigenvalue weighted by atomic mass is 10.1. The lowest BCUT2D eigenvalue weighted by Crippen LogP contribution is -1.88. The van der Waals surface area contributed by atoms with E-state index in [9.17, 15) is 0 Å². The lowest BCUT2D eigenvalue weighted by molar-refractivity contribution is 0.555. The van der Waals surface area contributed by atoms with Crippen molar-refractivity contribution < 1.29 is 0 Å². The van der Waals surface area contributed by atoms with Crippen LogP contribution in [0.25, 0.3) is 0 Å². The van der Waals surface area contributed by atoms with Gasteiger partial charge in [0.05, 0.1) is 0 Å². The molecule has 0 atom stereocenters. The van der Waals surface area contributed by atoms with Crippen molar-refractivity contribution in [2.75, 3.05) is 23.0 Å². The first-order chi connectivity index (χ1) is 17.9. The van der Waals surface area contributed by atoms with Crippen LogP contribution in [0.15, 0.2) is 0 Å². The maximum atomic E-state index is 2.31. The van der Waals surface area contributed by atoms with Crippen molar-refractivity contribution in [3.8, 4) is 0 Å². The van der Waals surface area contributed by atoms with Crippen LogP contribution in [0.3, 0.4) is 0 Å². The summed E-state index contributed by atoms with van der Waals surface area (Å²) in [5.41, 5.74) is 0. The molecule has 0 nitrogen and oxygen atoms in total. The molecule has 2 heteroatoms. The van der Waals surface area contributed by atoms with Gasteiger partial charge in [-0.3, -0.25) is 0 Å². The van der Waals surface area contributed by atoms with Crippen LogP contribution in [-0.2, 0) is 0 Å². The van der Waals surface area contributed by atoms with Crippen LogP contribution in [0, 0.1) is 0 Å². The molecule has 0 aromatic heterocycles. The van der Waals surface area contributed by atoms with Gasteiger partial charge in [0.2, 0.25) is 0 Å². The Hall–Kier alpha value is 0.700. The van der Waals surface area contributed by atoms with Crippen LogP contribution in [0.5, 0.6) is 0 Å². The summed E-state index contributed by atoms with van der Waals surface area (Å²) in [6, 6.07) is 0. The minimum Gasteiger partial charge on any atom is -0.162 e. The van der Waals surface area contributed by atoms with E-state index in [1.54, 1.807) is 0 Å². The molecule has 0 rings (SSSR count). The predicted molar refractivity (Wildman–Crippen MR) is 175 cm³/mol. The summed E-state index contributed by atoms with van der Waals surface area (Å²) in [6.45, 7) is 4.61. The van der Waals surface area contributed by atoms with Crippen LogP contribution in [0.2, 0.25) is 0 Å². The van der Waals surface area contributed by atoms with E-state index in [1.165, 1.54) is 203 Å². The molecule has 0 N–H and O–H groups in total. The summed E-state index contributed by atoms with van der Waals surface area (Å²) in [7, 11) is 0. The van der Waals surface area contributed by atoms with Crippen LogP contribution in [0.4, 0.5) is 0 Å². The Morgan fingerprint density at radius 2 is 0.389 bits per heavy atom. The largest absolute Gasteiger partial charge is 0.162 e. The molecule has 0 aromatic carbocycles. The number of unbranched alkanes of at least 4 members (excludes halogenated alkanes) is 25. The number of hydrogen-bond donors (Lipinski definition) is 0. The fraction of sp³-hybridized carbons (Fsp3) is 1.00. The molecule has 0 aliphatic heterocycles. The van der Waals surface area contributed by atoms with Crippen LogP contribution in [-0.4, -0.2) is 23.0 Å². The monoisotopic (exact) mass is 542 g/mol. The predicted octanol–water partition coefficient (Wildman–Crippen LogP) is 13.4. The third-order valence-corrected chi connectivity index (χ3v) is 9.92. The van der Waals surface area contributed by atoms with Crippen molar-refractivity contribution in [3.63, 3.8) is 0 Å². The molecule has 0 heterocycles. The minimum atomic E-state index is 1.37. The van der Waals surface area contributed by atoms with E-state index in [-0.39, 0.29) is 0 Å². The van der Waals surface area contributed by atoms with Gasteiger partial charge in [-0.1, -0.05) is 168 Å². The van der Waals surface area contributed by atoms with Crippen molar-refractivity contribution >= 4 is 23.5 Å². The summed E-state index contributed by atoms with van der Waals surface area (Å²) in [6.07, 6.45) is 41.0. The highest BCUT2D eigenvalue weighted by Gasteiger charge is 1.97. The lowest BCUT2D eigenvalue weighted by Gasteiger charge is -2.05. The molecular formula is C34H70S2. The zero-order valence-electron chi connectivity index (χ0n) is 25.4. The third kappa shape index (κ3) is 34.7. The first-order valence-electron chi connectivity index (χ1n) is 17.1. The van der Waals surface area contributed by atoms with Gasteiger partial charge in [-0.2, -0.15) is 23.5 Å². The number of rotatable bonds is 33. The molecule has 0 spiro atoms. The SMILES string of the molecule is CCCCCCCCCCCCCSCCCCCCCCSCCCCCCCCCCCCC. The van der Waals surface area contributed by atoms with Crippen molar-refractivity contribution in [2.24, 2.45) is 0 Å². The topological polar surface area (TPSA) is 0 Å². The fourth-order valence-electron chi connectivity index (χ4n) is 5.06. The highest BCUT2D eigenvalue weighted by atomic mass is 32.2. The first-order valence-corrected chi connectivity index (χ1v) is 19.4. The Labute approximate surface area is 239 Å². The number of thioether (sulfide) groups is 2. The van der Waals surface area contributed by atoms with Gasteiger partial charge in [0.25, 0.3) is 0 Å². The minimum absolute atomic E-state index is 1.37. The fourth-order valence-corrected chi connectivity index (χ4v) is 7.10. The van der Waals surface area contributed by atoms with E-state index in [2.05, 4.69) is 37.4 Å². The van der Waals surface area contributed by atoms with E-state index < -0.39 is 0 Å². The van der Waals surface area contributed by atoms with Gasteiger partial charge in [-0.25, -0.2) is 0 Å². The van der Waals surface area contributed by atoms with Gasteiger partial charge < -0.3 is 0 Å². The highest BCUT2D eigenvalue weighted by Crippen LogP contribution is 2.16. The molecule has 0 saturated heterocycles. The molecule has 0 amide bonds. The maximum Gasteiger partial charge on any atom is -0.00675 e. The number of hydrogen-bond acceptors (Lipinski definition) is 2. The molecule has 0 aromatic rings. The molecule has 0 bridgehead atoms. The third-order valence-electron chi connectivity index (χ3n) is 7.61. The molecule has 0 aliphatic carbocycles. The normalized spacial score (nSPS) is 11.5. The average molecular weight is 543 g/mol. The second-order valence-corrected chi connectivity index (χ2v) is 13.9. The molecule has 36 heavy (non-hydrogen) atoms. The van der Waals surface area contributed by atoms with Gasteiger partial charge in [-0.15, -0.1) is 0 Å². The molecule has 0 aliphatic rings. The smallest absolute Gasteiger partial charge is 0.00675 e. The Bertz CT molecular complexity index is 323. The van der Waals surface area contributed by atoms with E-state index >= 15 is 0 Å². The molecule has 0 fully saturated rings. The van der Waals surface area contributed by atoms with E-state index in [0.29, 0.717) is 0 Å². The van der Waals surface area contributed by atoms with Crippen LogP contribution in [0.1, 0.15) is 194 Å². The molecular weight excluding hydrogens is 473 g/mol. The Morgan fingerprint density at radius 3 is 0.583 bits per heavy atom. The summed E-state index contributed by atoms with van der Waals surface area (Å²) in [5, 5.41) is 0. The van der Waals surface area contributed by atoms with E-state index in [4.69, 9.17) is 0 Å². The summed E-state index contributed by atoms with van der Waals surface area (Å²) in [5.74, 6) is 5.64. The average Bonchev–Trinajstić information content (AvgIpc) is 2.89. The van der Waals surface area contributed by atoms with E-state index in [1.807, 2.05) is 0 Å². The van der Waals surface area contributed by atoms with Gasteiger partial charge in [-0.05, 0) is 48.7 Å². The van der Waals surface area contributed by atoms with Gasteiger partial charge >= 0.3 is 0 Å². The van der Waals surface area contributed by atoms with Gasteiger partial charge in [0, 0.05) is 0 Å². The Morgan fingerprint density at radius 1 is 0.222 bits per heavy atom. The summed E-state index contributed by atoms with van der Waals surface area (Å²) < 4.78 is 0. The van der Waals surface area contributed by atoms with Crippen molar-refractivity contribution in [2.45, 2.75) is 194 Å². The van der Waals surface area contributed by atoms with Crippen LogP contribution < -0.4 is 0 Å². The molecule has 0 radical (unpaired) electrons. The van der Waals surface area contributed by atoms with Gasteiger partial charge in [0.1, 0.15) is 0 Å². The molecule has 0 saturated carbocycles. The van der Waals surface area contributed by atoms with E-state index in [0.717, 1.165) is 0 Å². The highest BCUT2D eigenvalue weighted by molar-refractivity contribution is 7.99. The summed E-state index contributed by atoms with van der Waals surface area (Å²) in [4.78, 5) is 0. The second-order valence-electron chi connectivity index (χ2n) is 11.4. The maximum absolute atomic E-state index is 2.31. The molecule has 218 valence electrons. The molecule has 0 unspecified atom stereocenters. The quantitative estimate of drug-likeness (QED) is 0.0756.